The Morgan fingerprint density at radius 3 is 2.57 bits per heavy atom. The van der Waals surface area contributed by atoms with Crippen molar-refractivity contribution in [1.82, 2.24) is 9.88 Å². The second kappa shape index (κ2) is 8.02. The van der Waals surface area contributed by atoms with Gasteiger partial charge >= 0.3 is 0 Å². The van der Waals surface area contributed by atoms with Crippen molar-refractivity contribution in [3.8, 4) is 0 Å². The predicted octanol–water partition coefficient (Wildman–Crippen LogP) is 2.70. The number of hydrogen-bond acceptors (Lipinski definition) is 6. The van der Waals surface area contributed by atoms with Crippen LogP contribution in [0.4, 0.5) is 5.69 Å². The molecule has 0 aliphatic carbocycles. The molecule has 0 saturated carbocycles. The standard InChI is InChI=1S/C22H23N3O4S/c26-19-15-30-20-18(2-1-9-23-20)25(19)14-16-3-5-17(6-4-16)21(27)24-10-7-22(8-11-24)28-12-13-29-22/h1-6,9H,7-8,10-15H2. The summed E-state index contributed by atoms with van der Waals surface area (Å²) < 4.78 is 11.5. The molecule has 5 rings (SSSR count). The maximum Gasteiger partial charge on any atom is 0.253 e. The lowest BCUT2D eigenvalue weighted by Crippen LogP contribution is -2.47. The largest absolute Gasteiger partial charge is 0.347 e. The quantitative estimate of drug-likeness (QED) is 0.753. The van der Waals surface area contributed by atoms with Crippen molar-refractivity contribution in [3.63, 3.8) is 0 Å². The zero-order valence-electron chi connectivity index (χ0n) is 16.6. The van der Waals surface area contributed by atoms with Crippen LogP contribution >= 0.6 is 11.8 Å². The smallest absolute Gasteiger partial charge is 0.253 e. The molecule has 30 heavy (non-hydrogen) atoms. The highest BCUT2D eigenvalue weighted by Crippen LogP contribution is 2.34. The number of aromatic nitrogens is 1. The van der Waals surface area contributed by atoms with Crippen LogP contribution in [-0.4, -0.2) is 59.5 Å². The number of pyridine rings is 1. The second-order valence-electron chi connectivity index (χ2n) is 7.69. The van der Waals surface area contributed by atoms with E-state index in [9.17, 15) is 9.59 Å². The number of nitrogens with zero attached hydrogens (tertiary/aromatic N) is 3. The number of anilines is 1. The number of carbonyl (C=O) groups is 2. The molecular weight excluding hydrogens is 402 g/mol. The van der Waals surface area contributed by atoms with Crippen molar-refractivity contribution in [2.75, 3.05) is 37.0 Å². The fourth-order valence-electron chi connectivity index (χ4n) is 4.17. The van der Waals surface area contributed by atoms with Crippen LogP contribution in [0, 0.1) is 0 Å². The van der Waals surface area contributed by atoms with Crippen LogP contribution in [0.1, 0.15) is 28.8 Å². The summed E-state index contributed by atoms with van der Waals surface area (Å²) in [6.45, 7) is 2.99. The lowest BCUT2D eigenvalue weighted by atomic mass is 10.0. The molecule has 0 radical (unpaired) electrons. The highest BCUT2D eigenvalue weighted by atomic mass is 32.2. The predicted molar refractivity (Wildman–Crippen MR) is 112 cm³/mol. The maximum atomic E-state index is 12.9. The van der Waals surface area contributed by atoms with E-state index in [1.54, 1.807) is 11.1 Å². The molecule has 0 N–H and O–H groups in total. The van der Waals surface area contributed by atoms with E-state index in [0.717, 1.165) is 16.3 Å². The molecule has 1 spiro atoms. The van der Waals surface area contributed by atoms with Crippen LogP contribution in [0.25, 0.3) is 0 Å². The summed E-state index contributed by atoms with van der Waals surface area (Å²) in [6.07, 6.45) is 3.16. The van der Waals surface area contributed by atoms with Gasteiger partial charge in [0.1, 0.15) is 5.03 Å². The van der Waals surface area contributed by atoms with E-state index in [-0.39, 0.29) is 11.8 Å². The summed E-state index contributed by atoms with van der Waals surface area (Å²) in [7, 11) is 0. The van der Waals surface area contributed by atoms with E-state index in [4.69, 9.17) is 9.47 Å². The molecule has 0 unspecified atom stereocenters. The van der Waals surface area contributed by atoms with Crippen LogP contribution in [0.3, 0.4) is 0 Å². The number of hydrogen-bond donors (Lipinski definition) is 0. The van der Waals surface area contributed by atoms with Crippen molar-refractivity contribution in [1.29, 1.82) is 0 Å². The third-order valence-electron chi connectivity index (χ3n) is 5.84. The van der Waals surface area contributed by atoms with Gasteiger partial charge < -0.3 is 19.3 Å². The Labute approximate surface area is 179 Å². The summed E-state index contributed by atoms with van der Waals surface area (Å²) in [5.74, 6) is 0.00355. The monoisotopic (exact) mass is 425 g/mol. The lowest BCUT2D eigenvalue weighted by molar-refractivity contribution is -0.181. The Bertz CT molecular complexity index is 949. The van der Waals surface area contributed by atoms with Gasteiger partial charge in [0, 0.05) is 37.7 Å². The Balaban J connectivity index is 1.25. The van der Waals surface area contributed by atoms with Gasteiger partial charge in [-0.1, -0.05) is 23.9 Å². The van der Waals surface area contributed by atoms with Gasteiger partial charge in [-0.05, 0) is 29.8 Å². The summed E-state index contributed by atoms with van der Waals surface area (Å²) in [6, 6.07) is 11.3. The van der Waals surface area contributed by atoms with Crippen molar-refractivity contribution in [2.24, 2.45) is 0 Å². The highest BCUT2D eigenvalue weighted by molar-refractivity contribution is 8.00. The van der Waals surface area contributed by atoms with E-state index < -0.39 is 5.79 Å². The van der Waals surface area contributed by atoms with Crippen LogP contribution in [0.2, 0.25) is 0 Å². The first-order valence-corrected chi connectivity index (χ1v) is 11.2. The molecule has 2 aromatic rings. The number of thioether (sulfide) groups is 1. The number of amides is 2. The summed E-state index contributed by atoms with van der Waals surface area (Å²) >= 11 is 1.47. The Hall–Kier alpha value is -2.42. The van der Waals surface area contributed by atoms with Gasteiger partial charge in [0.05, 0.1) is 31.2 Å². The molecule has 7 nitrogen and oxygen atoms in total. The average molecular weight is 426 g/mol. The average Bonchev–Trinajstić information content (AvgIpc) is 3.24. The van der Waals surface area contributed by atoms with Gasteiger partial charge in [-0.3, -0.25) is 9.59 Å². The van der Waals surface area contributed by atoms with E-state index >= 15 is 0 Å². The van der Waals surface area contributed by atoms with Gasteiger partial charge in [-0.25, -0.2) is 4.98 Å². The minimum absolute atomic E-state index is 0.0226. The van der Waals surface area contributed by atoms with Crippen LogP contribution in [0.5, 0.6) is 0 Å². The highest BCUT2D eigenvalue weighted by Gasteiger charge is 2.40. The lowest BCUT2D eigenvalue weighted by Gasteiger charge is -2.37. The molecule has 2 amide bonds. The van der Waals surface area contributed by atoms with Crippen LogP contribution < -0.4 is 4.90 Å². The van der Waals surface area contributed by atoms with Gasteiger partial charge in [0.25, 0.3) is 5.91 Å². The van der Waals surface area contributed by atoms with Gasteiger partial charge in [0.15, 0.2) is 5.79 Å². The van der Waals surface area contributed by atoms with Crippen molar-refractivity contribution >= 4 is 29.3 Å². The number of benzene rings is 1. The third kappa shape index (κ3) is 3.71. The van der Waals surface area contributed by atoms with Gasteiger partial charge in [-0.2, -0.15) is 0 Å². The minimum Gasteiger partial charge on any atom is -0.347 e. The molecule has 3 aliphatic heterocycles. The molecular formula is C22H23N3O4S. The van der Waals surface area contributed by atoms with Crippen LogP contribution in [-0.2, 0) is 20.8 Å². The van der Waals surface area contributed by atoms with Crippen molar-refractivity contribution < 1.29 is 19.1 Å². The summed E-state index contributed by atoms with van der Waals surface area (Å²) in [5, 5.41) is 0.877. The number of rotatable bonds is 3. The van der Waals surface area contributed by atoms with Crippen molar-refractivity contribution in [2.45, 2.75) is 30.2 Å². The molecule has 156 valence electrons. The number of ether oxygens (including phenoxy) is 2. The zero-order chi connectivity index (χ0) is 20.6. The SMILES string of the molecule is O=C(c1ccc(CN2C(=O)CSc3ncccc32)cc1)N1CCC2(CC1)OCCO2. The molecule has 2 saturated heterocycles. The fraction of sp³-hybridized carbons (Fsp3) is 0.409. The Morgan fingerprint density at radius 1 is 1.10 bits per heavy atom. The van der Waals surface area contributed by atoms with Crippen LogP contribution in [0.15, 0.2) is 47.6 Å². The van der Waals surface area contributed by atoms with Gasteiger partial charge in [0.2, 0.25) is 5.91 Å². The normalized spacial score (nSPS) is 20.5. The first-order valence-electron chi connectivity index (χ1n) is 10.2. The zero-order valence-corrected chi connectivity index (χ0v) is 17.4. The molecule has 1 aromatic carbocycles. The molecule has 0 bridgehead atoms. The molecule has 8 heteroatoms. The molecule has 0 atom stereocenters. The molecule has 4 heterocycles. The first-order chi connectivity index (χ1) is 14.6. The summed E-state index contributed by atoms with van der Waals surface area (Å²) in [4.78, 5) is 33.3. The molecule has 1 aromatic heterocycles. The molecule has 3 aliphatic rings. The van der Waals surface area contributed by atoms with Gasteiger partial charge in [-0.15, -0.1) is 0 Å². The molecule has 2 fully saturated rings. The van der Waals surface area contributed by atoms with E-state index in [0.29, 0.717) is 57.0 Å². The number of likely N-dealkylation sites (tertiary alicyclic amines) is 1. The van der Waals surface area contributed by atoms with E-state index in [1.807, 2.05) is 41.3 Å². The Morgan fingerprint density at radius 2 is 1.83 bits per heavy atom. The van der Waals surface area contributed by atoms with E-state index in [1.165, 1.54) is 11.8 Å². The first kappa shape index (κ1) is 19.5. The summed E-state index contributed by atoms with van der Waals surface area (Å²) in [5.41, 5.74) is 2.48. The number of fused-ring (bicyclic) bond motifs is 1. The minimum atomic E-state index is -0.481. The number of carbonyl (C=O) groups excluding carboxylic acids is 2. The third-order valence-corrected chi connectivity index (χ3v) is 6.82. The second-order valence-corrected chi connectivity index (χ2v) is 8.66. The number of piperidine rings is 1. The Kier molecular flexibility index (Phi) is 5.22. The van der Waals surface area contributed by atoms with E-state index in [2.05, 4.69) is 4.98 Å². The fourth-order valence-corrected chi connectivity index (χ4v) is 5.05. The van der Waals surface area contributed by atoms with Crippen molar-refractivity contribution in [3.05, 3.63) is 53.7 Å². The maximum absolute atomic E-state index is 12.9. The topological polar surface area (TPSA) is 72.0 Å².